The number of ether oxygens (including phenoxy) is 5. The molecule has 0 aromatic heterocycles. The van der Waals surface area contributed by atoms with Crippen LogP contribution in [0.25, 0.3) is 0 Å². The first-order valence-electron chi connectivity index (χ1n) is 6.66. The molecule has 3 aliphatic rings. The molecule has 0 radical (unpaired) electrons. The second kappa shape index (κ2) is 3.90. The van der Waals surface area contributed by atoms with E-state index in [2.05, 4.69) is 0 Å². The summed E-state index contributed by atoms with van der Waals surface area (Å²) >= 11 is 0. The summed E-state index contributed by atoms with van der Waals surface area (Å²) in [6, 6.07) is 0. The van der Waals surface area contributed by atoms with Gasteiger partial charge in [-0.05, 0) is 34.6 Å². The van der Waals surface area contributed by atoms with Gasteiger partial charge in [0.1, 0.15) is 23.9 Å². The number of fused-ring (bicyclic) bond motifs is 1. The summed E-state index contributed by atoms with van der Waals surface area (Å²) in [5, 5.41) is 10.1. The molecule has 0 amide bonds. The lowest BCUT2D eigenvalue weighted by molar-refractivity contribution is -0.252. The number of aliphatic hydroxyl groups is 1. The molecule has 1 N–H and O–H groups in total. The number of rotatable bonds is 1. The van der Waals surface area contributed by atoms with Crippen LogP contribution in [0, 0.1) is 0 Å². The third-order valence-corrected chi connectivity index (χ3v) is 3.91. The quantitative estimate of drug-likeness (QED) is 0.761. The van der Waals surface area contributed by atoms with E-state index in [4.69, 9.17) is 23.7 Å². The van der Waals surface area contributed by atoms with Gasteiger partial charge >= 0.3 is 0 Å². The first-order valence-corrected chi connectivity index (χ1v) is 6.66. The highest BCUT2D eigenvalue weighted by atomic mass is 16.8. The van der Waals surface area contributed by atoms with Gasteiger partial charge in [0.15, 0.2) is 17.9 Å². The number of hydrogen-bond acceptors (Lipinski definition) is 6. The smallest absolute Gasteiger partial charge is 0.187 e. The van der Waals surface area contributed by atoms with Crippen LogP contribution in [0.1, 0.15) is 34.6 Å². The van der Waals surface area contributed by atoms with Crippen LogP contribution in [0.15, 0.2) is 0 Å². The summed E-state index contributed by atoms with van der Waals surface area (Å²) in [5.74, 6) is -1.37. The normalized spacial score (nSPS) is 51.5. The zero-order valence-corrected chi connectivity index (χ0v) is 12.0. The molecule has 3 fully saturated rings. The van der Waals surface area contributed by atoms with Crippen molar-refractivity contribution in [3.8, 4) is 0 Å². The van der Waals surface area contributed by atoms with Crippen molar-refractivity contribution in [1.29, 1.82) is 0 Å². The fourth-order valence-corrected chi connectivity index (χ4v) is 3.13. The first kappa shape index (κ1) is 13.7. The van der Waals surface area contributed by atoms with Gasteiger partial charge in [-0.3, -0.25) is 0 Å². The van der Waals surface area contributed by atoms with Gasteiger partial charge in [-0.2, -0.15) is 0 Å². The lowest BCUT2D eigenvalue weighted by Gasteiger charge is -2.26. The molecule has 3 heterocycles. The zero-order chi connectivity index (χ0) is 14.1. The average Bonchev–Trinajstić information content (AvgIpc) is 2.79. The lowest BCUT2D eigenvalue weighted by Crippen LogP contribution is -2.45. The molecule has 3 saturated heterocycles. The van der Waals surface area contributed by atoms with Crippen LogP contribution in [0.4, 0.5) is 0 Å². The minimum absolute atomic E-state index is 0.269. The molecule has 0 aromatic rings. The van der Waals surface area contributed by atoms with E-state index in [-0.39, 0.29) is 12.2 Å². The van der Waals surface area contributed by atoms with Crippen LogP contribution in [0.5, 0.6) is 0 Å². The molecular weight excluding hydrogens is 252 g/mol. The Bertz CT molecular complexity index is 381. The summed E-state index contributed by atoms with van der Waals surface area (Å²) in [6.45, 7) is 9.59. The monoisotopic (exact) mass is 274 g/mol. The average molecular weight is 274 g/mol. The van der Waals surface area contributed by atoms with Gasteiger partial charge in [0, 0.05) is 0 Å². The molecule has 3 rings (SSSR count). The van der Waals surface area contributed by atoms with E-state index < -0.39 is 29.6 Å². The van der Waals surface area contributed by atoms with Gasteiger partial charge in [0.2, 0.25) is 0 Å². The van der Waals surface area contributed by atoms with E-state index in [1.54, 1.807) is 6.92 Å². The van der Waals surface area contributed by atoms with E-state index in [0.29, 0.717) is 6.61 Å². The van der Waals surface area contributed by atoms with Crippen LogP contribution in [0.3, 0.4) is 0 Å². The highest BCUT2D eigenvalue weighted by Crippen LogP contribution is 2.47. The molecule has 6 heteroatoms. The molecule has 0 spiro atoms. The predicted molar refractivity (Wildman–Crippen MR) is 64.2 cm³/mol. The molecule has 0 bridgehead atoms. The third kappa shape index (κ3) is 2.11. The summed E-state index contributed by atoms with van der Waals surface area (Å²) in [5.41, 5.74) is -0.871. The maximum absolute atomic E-state index is 10.1. The highest BCUT2D eigenvalue weighted by Gasteiger charge is 2.65. The topological polar surface area (TPSA) is 66.4 Å². The predicted octanol–water partition coefficient (Wildman–Crippen LogP) is 0.765. The Balaban J connectivity index is 1.82. The Labute approximate surface area is 112 Å². The second-order valence-corrected chi connectivity index (χ2v) is 6.54. The zero-order valence-electron chi connectivity index (χ0n) is 12.0. The van der Waals surface area contributed by atoms with Gasteiger partial charge in [0.25, 0.3) is 0 Å². The van der Waals surface area contributed by atoms with Crippen molar-refractivity contribution in [2.45, 2.75) is 76.4 Å². The van der Waals surface area contributed by atoms with Crippen molar-refractivity contribution in [3.63, 3.8) is 0 Å². The molecule has 0 aromatic carbocycles. The van der Waals surface area contributed by atoms with Gasteiger partial charge in [-0.1, -0.05) is 0 Å². The third-order valence-electron chi connectivity index (χ3n) is 3.91. The van der Waals surface area contributed by atoms with E-state index in [1.165, 1.54) is 0 Å². The Morgan fingerprint density at radius 2 is 1.68 bits per heavy atom. The van der Waals surface area contributed by atoms with E-state index in [1.807, 2.05) is 27.7 Å². The van der Waals surface area contributed by atoms with Gasteiger partial charge in [-0.15, -0.1) is 0 Å². The maximum Gasteiger partial charge on any atom is 0.187 e. The van der Waals surface area contributed by atoms with Crippen LogP contribution in [0.2, 0.25) is 0 Å². The fraction of sp³-hybridized carbons (Fsp3) is 1.00. The van der Waals surface area contributed by atoms with E-state index in [9.17, 15) is 5.11 Å². The molecule has 5 atom stereocenters. The van der Waals surface area contributed by atoms with E-state index >= 15 is 0 Å². The largest absolute Gasteiger partial charge is 0.366 e. The molecule has 3 aliphatic heterocycles. The molecule has 5 unspecified atom stereocenters. The summed E-state index contributed by atoms with van der Waals surface area (Å²) < 4.78 is 28.7. The maximum atomic E-state index is 10.1. The van der Waals surface area contributed by atoms with Gasteiger partial charge < -0.3 is 28.8 Å². The summed E-state index contributed by atoms with van der Waals surface area (Å²) in [6.07, 6.45) is -2.07. The molecule has 6 nitrogen and oxygen atoms in total. The van der Waals surface area contributed by atoms with Gasteiger partial charge in [-0.25, -0.2) is 0 Å². The molecular formula is C13H22O6. The molecule has 0 aliphatic carbocycles. The van der Waals surface area contributed by atoms with Crippen molar-refractivity contribution in [1.82, 2.24) is 0 Å². The van der Waals surface area contributed by atoms with Crippen molar-refractivity contribution in [3.05, 3.63) is 0 Å². The minimum Gasteiger partial charge on any atom is -0.366 e. The summed E-state index contributed by atoms with van der Waals surface area (Å²) in [7, 11) is 0. The Hall–Kier alpha value is -0.240. The minimum atomic E-state index is -1.03. The molecule has 19 heavy (non-hydrogen) atoms. The number of hydrogen-bond donors (Lipinski definition) is 1. The second-order valence-electron chi connectivity index (χ2n) is 6.54. The highest BCUT2D eigenvalue weighted by molar-refractivity contribution is 5.07. The first-order chi connectivity index (χ1) is 8.63. The van der Waals surface area contributed by atoms with Crippen LogP contribution < -0.4 is 0 Å². The summed E-state index contributed by atoms with van der Waals surface area (Å²) in [4.78, 5) is 0. The van der Waals surface area contributed by atoms with Crippen molar-refractivity contribution in [2.24, 2.45) is 0 Å². The standard InChI is InChI=1S/C13H22O6/c1-11(2)15-6-7(17-11)8-9-13(5,10(14)16-8)19-12(3,4)18-9/h7-10,14H,6H2,1-5H3. The Morgan fingerprint density at radius 1 is 1.00 bits per heavy atom. The SMILES string of the molecule is CC1(C)OCC(C2OC(O)C3(C)OC(C)(C)OC23)O1. The van der Waals surface area contributed by atoms with Crippen LogP contribution >= 0.6 is 0 Å². The van der Waals surface area contributed by atoms with E-state index in [0.717, 1.165) is 0 Å². The molecule has 110 valence electrons. The molecule has 0 saturated carbocycles. The van der Waals surface area contributed by atoms with Crippen molar-refractivity contribution >= 4 is 0 Å². The lowest BCUT2D eigenvalue weighted by atomic mass is 9.95. The Morgan fingerprint density at radius 3 is 2.26 bits per heavy atom. The Kier molecular flexibility index (Phi) is 2.82. The van der Waals surface area contributed by atoms with Crippen molar-refractivity contribution in [2.75, 3.05) is 6.61 Å². The van der Waals surface area contributed by atoms with Gasteiger partial charge in [0.05, 0.1) is 6.61 Å². The van der Waals surface area contributed by atoms with Crippen molar-refractivity contribution < 1.29 is 28.8 Å². The number of aliphatic hydroxyl groups excluding tert-OH is 1. The van der Waals surface area contributed by atoms with Crippen LogP contribution in [-0.2, 0) is 23.7 Å². The fourth-order valence-electron chi connectivity index (χ4n) is 3.13. The van der Waals surface area contributed by atoms with Crippen LogP contribution in [-0.4, -0.2) is 53.5 Å².